The van der Waals surface area contributed by atoms with E-state index in [9.17, 15) is 14.3 Å². The van der Waals surface area contributed by atoms with E-state index in [1.54, 1.807) is 21.7 Å². The van der Waals surface area contributed by atoms with Crippen LogP contribution in [0.2, 0.25) is 5.28 Å². The molecule has 0 spiro atoms. The molecule has 13 heteroatoms. The highest BCUT2D eigenvalue weighted by molar-refractivity contribution is 6.29. The summed E-state index contributed by atoms with van der Waals surface area (Å²) in [5.41, 5.74) is 8.85. The van der Waals surface area contributed by atoms with Crippen molar-refractivity contribution >= 4 is 34.5 Å². The molecule has 0 bridgehead atoms. The van der Waals surface area contributed by atoms with E-state index in [4.69, 9.17) is 22.1 Å². The van der Waals surface area contributed by atoms with Crippen LogP contribution in [0.25, 0.3) is 22.3 Å². The number of aliphatic hydroxyl groups is 1. The molecule has 3 heterocycles. The number of nitrogen functional groups attached to an aromatic ring is 1. The third kappa shape index (κ3) is 8.11. The van der Waals surface area contributed by atoms with Gasteiger partial charge in [-0.2, -0.15) is 10.1 Å². The topological polar surface area (TPSA) is 136 Å². The number of aryl methyl sites for hydroxylation is 1. The van der Waals surface area contributed by atoms with E-state index in [0.717, 1.165) is 23.2 Å². The zero-order valence-corrected chi connectivity index (χ0v) is 27.0. The molecule has 1 saturated carbocycles. The van der Waals surface area contributed by atoms with Gasteiger partial charge in [0, 0.05) is 50.7 Å². The number of fused-ring (bicyclic) bond motifs is 1. The van der Waals surface area contributed by atoms with Gasteiger partial charge in [0.05, 0.1) is 17.2 Å². The number of carbonyl (C=O) groups excluding carboxylic acids is 1. The predicted octanol–water partition coefficient (Wildman–Crippen LogP) is 4.98. The largest absolute Gasteiger partial charge is 0.444 e. The molecule has 3 atom stereocenters. The first-order chi connectivity index (χ1) is 21.4. The Kier molecular flexibility index (Phi) is 9.95. The number of nitrogens with two attached hydrogens (primary N) is 1. The molecule has 1 amide bonds. The molecule has 1 aliphatic carbocycles. The van der Waals surface area contributed by atoms with Crippen molar-refractivity contribution in [2.24, 2.45) is 13.0 Å². The molecule has 5 rings (SSSR count). The second kappa shape index (κ2) is 13.7. The highest BCUT2D eigenvalue weighted by atomic mass is 35.5. The number of hydrogen-bond donors (Lipinski definition) is 3. The highest BCUT2D eigenvalue weighted by Gasteiger charge is 2.35. The van der Waals surface area contributed by atoms with Crippen molar-refractivity contribution in [2.75, 3.05) is 31.9 Å². The minimum Gasteiger partial charge on any atom is -0.444 e. The summed E-state index contributed by atoms with van der Waals surface area (Å²) in [5, 5.41) is 19.8. The Bertz CT molecular complexity index is 1620. The lowest BCUT2D eigenvalue weighted by Crippen LogP contribution is -2.39. The number of carbonyl (C=O) groups is 1. The number of aromatic nitrogens is 5. The quantitative estimate of drug-likeness (QED) is 0.154. The van der Waals surface area contributed by atoms with Gasteiger partial charge < -0.3 is 30.4 Å². The highest BCUT2D eigenvalue weighted by Crippen LogP contribution is 2.40. The molecule has 1 aliphatic rings. The van der Waals surface area contributed by atoms with E-state index >= 15 is 0 Å². The molecule has 242 valence electrons. The minimum absolute atomic E-state index is 0.00810. The third-order valence-corrected chi connectivity index (χ3v) is 8.28. The van der Waals surface area contributed by atoms with Crippen LogP contribution < -0.4 is 11.1 Å². The van der Waals surface area contributed by atoms with E-state index in [1.807, 2.05) is 50.8 Å². The van der Waals surface area contributed by atoms with Gasteiger partial charge in [0.2, 0.25) is 5.28 Å². The number of anilines is 1. The number of halogens is 2. The summed E-state index contributed by atoms with van der Waals surface area (Å²) in [7, 11) is 1.85. The minimum atomic E-state index is -0.606. The molecule has 1 unspecified atom stereocenters. The molecular weight excluding hydrogens is 599 g/mol. The van der Waals surface area contributed by atoms with Crippen LogP contribution >= 0.6 is 11.6 Å². The van der Waals surface area contributed by atoms with E-state index < -0.39 is 11.7 Å². The van der Waals surface area contributed by atoms with Crippen molar-refractivity contribution in [1.82, 2.24) is 34.5 Å². The van der Waals surface area contributed by atoms with Crippen LogP contribution in [0.1, 0.15) is 51.6 Å². The molecule has 3 aromatic heterocycles. The van der Waals surface area contributed by atoms with Crippen LogP contribution in [0.3, 0.4) is 0 Å². The molecular formula is C32H42ClFN8O3. The Morgan fingerprint density at radius 3 is 2.64 bits per heavy atom. The zero-order chi connectivity index (χ0) is 32.3. The van der Waals surface area contributed by atoms with Crippen LogP contribution in [-0.4, -0.2) is 78.3 Å². The molecule has 0 radical (unpaired) electrons. The van der Waals surface area contributed by atoms with E-state index in [-0.39, 0.29) is 29.2 Å². The van der Waals surface area contributed by atoms with Crippen molar-refractivity contribution < 1.29 is 19.0 Å². The summed E-state index contributed by atoms with van der Waals surface area (Å²) >= 11 is 6.21. The van der Waals surface area contributed by atoms with Gasteiger partial charge in [-0.1, -0.05) is 12.1 Å². The fraction of sp³-hybridized carbons (Fsp3) is 0.500. The van der Waals surface area contributed by atoms with Crippen LogP contribution in [0.5, 0.6) is 0 Å². The number of rotatable bonds is 11. The van der Waals surface area contributed by atoms with Crippen molar-refractivity contribution in [1.29, 1.82) is 0 Å². The van der Waals surface area contributed by atoms with Gasteiger partial charge in [-0.25, -0.2) is 14.2 Å². The summed E-state index contributed by atoms with van der Waals surface area (Å²) in [4.78, 5) is 23.3. The maximum absolute atomic E-state index is 13.3. The van der Waals surface area contributed by atoms with Gasteiger partial charge in [-0.15, -0.1) is 0 Å². The summed E-state index contributed by atoms with van der Waals surface area (Å²) in [5.74, 6) is 0.0339. The Morgan fingerprint density at radius 2 is 1.96 bits per heavy atom. The predicted molar refractivity (Wildman–Crippen MR) is 172 cm³/mol. The van der Waals surface area contributed by atoms with Crippen LogP contribution in [0.15, 0.2) is 42.7 Å². The molecule has 1 fully saturated rings. The van der Waals surface area contributed by atoms with Crippen LogP contribution in [0.4, 0.5) is 15.0 Å². The molecule has 11 nitrogen and oxygen atoms in total. The van der Waals surface area contributed by atoms with E-state index in [0.29, 0.717) is 62.3 Å². The maximum atomic E-state index is 13.3. The van der Waals surface area contributed by atoms with Gasteiger partial charge in [0.15, 0.2) is 0 Å². The van der Waals surface area contributed by atoms with Crippen molar-refractivity contribution in [3.05, 3.63) is 59.4 Å². The molecule has 4 N–H and O–H groups in total. The van der Waals surface area contributed by atoms with Gasteiger partial charge in [0.25, 0.3) is 0 Å². The molecule has 45 heavy (non-hydrogen) atoms. The molecule has 0 saturated heterocycles. The second-order valence-corrected chi connectivity index (χ2v) is 13.1. The summed E-state index contributed by atoms with van der Waals surface area (Å²) in [6.45, 7) is 7.80. The maximum Gasteiger partial charge on any atom is 0.410 e. The normalized spacial score (nSPS) is 18.5. The standard InChI is InChI=1S/C32H42ClFN8O3/c1-32(2,3)45-31(44)41(15-10-20-6-8-22(34)9-7-20)13-5-12-36-18-21-16-23(17-26(21)43)42-19-24(25-11-14-40(4)39-25)27-28(35)37-30(33)38-29(27)42/h6-9,11,14,19,21,23,26,36,43H,5,10,12-13,15-18H2,1-4H3,(H2,35,37,38)/t21?,23-,26+/m1/s1. The number of benzene rings is 1. The monoisotopic (exact) mass is 640 g/mol. The fourth-order valence-electron chi connectivity index (χ4n) is 5.92. The number of amides is 1. The molecule has 0 aliphatic heterocycles. The first-order valence-electron chi connectivity index (χ1n) is 15.3. The second-order valence-electron chi connectivity index (χ2n) is 12.8. The Labute approximate surface area is 267 Å². The average Bonchev–Trinajstić information content (AvgIpc) is 3.66. The molecule has 4 aromatic rings. The van der Waals surface area contributed by atoms with Gasteiger partial charge in [0.1, 0.15) is 22.9 Å². The number of nitrogens with zero attached hydrogens (tertiary/aromatic N) is 6. The number of hydrogen-bond acceptors (Lipinski definition) is 8. The van der Waals surface area contributed by atoms with Crippen LogP contribution in [-0.2, 0) is 18.2 Å². The summed E-state index contributed by atoms with van der Waals surface area (Å²) < 4.78 is 22.7. The Hall–Kier alpha value is -3.74. The molecule has 1 aromatic carbocycles. The number of nitrogens with one attached hydrogen (secondary N) is 1. The van der Waals surface area contributed by atoms with E-state index in [1.165, 1.54) is 12.1 Å². The Morgan fingerprint density at radius 1 is 1.20 bits per heavy atom. The first-order valence-corrected chi connectivity index (χ1v) is 15.7. The van der Waals surface area contributed by atoms with Gasteiger partial charge in [-0.3, -0.25) is 4.68 Å². The lowest BCUT2D eigenvalue weighted by molar-refractivity contribution is 0.0250. The first kappa shape index (κ1) is 32.6. The fourth-order valence-corrected chi connectivity index (χ4v) is 6.09. The summed E-state index contributed by atoms with van der Waals surface area (Å²) in [6, 6.07) is 8.22. The van der Waals surface area contributed by atoms with Gasteiger partial charge in [-0.05, 0) is 94.3 Å². The Balaban J connectivity index is 1.18. The lowest BCUT2D eigenvalue weighted by atomic mass is 10.1. The third-order valence-electron chi connectivity index (χ3n) is 8.11. The zero-order valence-electron chi connectivity index (χ0n) is 26.2. The van der Waals surface area contributed by atoms with Crippen LogP contribution in [0, 0.1) is 11.7 Å². The van der Waals surface area contributed by atoms with Crippen molar-refractivity contribution in [2.45, 2.75) is 64.2 Å². The van der Waals surface area contributed by atoms with Gasteiger partial charge >= 0.3 is 6.09 Å². The number of ether oxygens (including phenoxy) is 1. The lowest BCUT2D eigenvalue weighted by Gasteiger charge is -2.27. The van der Waals surface area contributed by atoms with Crippen molar-refractivity contribution in [3.8, 4) is 11.3 Å². The number of aliphatic hydroxyl groups excluding tert-OH is 1. The SMILES string of the molecule is Cn1ccc(-c2cn([C@@H]3CC(CNCCCN(CCc4ccc(F)cc4)C(=O)OC(C)(C)C)[C@@H](O)C3)c3nc(Cl)nc(N)c23)n1. The average molecular weight is 641 g/mol. The van der Waals surface area contributed by atoms with Crippen molar-refractivity contribution in [3.63, 3.8) is 0 Å². The van der Waals surface area contributed by atoms with E-state index in [2.05, 4.69) is 20.4 Å². The smallest absolute Gasteiger partial charge is 0.410 e. The summed E-state index contributed by atoms with van der Waals surface area (Å²) in [6.07, 6.45) is 5.59.